The molecule has 0 unspecified atom stereocenters. The molecule has 0 radical (unpaired) electrons. The Morgan fingerprint density at radius 1 is 1.38 bits per heavy atom. The molecule has 1 aromatic heterocycles. The minimum Gasteiger partial charge on any atom is -0.370 e. The first-order chi connectivity index (χ1) is 10.1. The molecule has 0 amide bonds. The van der Waals surface area contributed by atoms with Gasteiger partial charge in [-0.1, -0.05) is 12.1 Å². The van der Waals surface area contributed by atoms with E-state index in [2.05, 4.69) is 10.3 Å². The van der Waals surface area contributed by atoms with Gasteiger partial charge in [0.1, 0.15) is 17.8 Å². The van der Waals surface area contributed by atoms with Gasteiger partial charge in [-0.2, -0.15) is 0 Å². The molecule has 110 valence electrons. The largest absolute Gasteiger partial charge is 0.370 e. The molecular formula is C15H16FN3O2. The minimum atomic E-state index is -0.465. The van der Waals surface area contributed by atoms with E-state index in [1.807, 2.05) is 6.07 Å². The van der Waals surface area contributed by atoms with Crippen molar-refractivity contribution >= 4 is 11.5 Å². The van der Waals surface area contributed by atoms with Gasteiger partial charge in [0.25, 0.3) is 5.69 Å². The lowest BCUT2D eigenvalue weighted by Crippen LogP contribution is -2.06. The number of nitro groups is 1. The fourth-order valence-electron chi connectivity index (χ4n) is 2.04. The quantitative estimate of drug-likeness (QED) is 0.502. The number of hydrogen-bond donors (Lipinski definition) is 1. The zero-order chi connectivity index (χ0) is 15.2. The number of nitrogens with one attached hydrogen (secondary N) is 1. The van der Waals surface area contributed by atoms with Gasteiger partial charge >= 0.3 is 0 Å². The summed E-state index contributed by atoms with van der Waals surface area (Å²) in [6.07, 6.45) is 2.82. The van der Waals surface area contributed by atoms with Crippen molar-refractivity contribution in [3.63, 3.8) is 0 Å². The Balaban J connectivity index is 1.85. The second-order valence-electron chi connectivity index (χ2n) is 4.78. The lowest BCUT2D eigenvalue weighted by molar-refractivity contribution is -0.385. The van der Waals surface area contributed by atoms with Crippen LogP contribution in [0, 0.1) is 22.9 Å². The van der Waals surface area contributed by atoms with Gasteiger partial charge in [0.2, 0.25) is 0 Å². The first kappa shape index (κ1) is 14.9. The van der Waals surface area contributed by atoms with Crippen molar-refractivity contribution in [2.45, 2.75) is 19.8 Å². The number of pyridine rings is 1. The van der Waals surface area contributed by atoms with Crippen LogP contribution in [0.25, 0.3) is 0 Å². The summed E-state index contributed by atoms with van der Waals surface area (Å²) in [7, 11) is 0. The molecule has 2 aromatic rings. The normalized spacial score (nSPS) is 10.4. The lowest BCUT2D eigenvalue weighted by atomic mass is 10.1. The monoisotopic (exact) mass is 289 g/mol. The highest BCUT2D eigenvalue weighted by molar-refractivity contribution is 5.48. The maximum Gasteiger partial charge on any atom is 0.287 e. The van der Waals surface area contributed by atoms with E-state index >= 15 is 0 Å². The van der Waals surface area contributed by atoms with Crippen molar-refractivity contribution in [1.29, 1.82) is 0 Å². The summed E-state index contributed by atoms with van der Waals surface area (Å²) in [6.45, 7) is 2.44. The molecule has 0 bridgehead atoms. The van der Waals surface area contributed by atoms with Crippen LogP contribution >= 0.6 is 0 Å². The van der Waals surface area contributed by atoms with Crippen LogP contribution in [-0.4, -0.2) is 16.5 Å². The number of hydrogen-bond acceptors (Lipinski definition) is 4. The number of nitrogens with zero attached hydrogens (tertiary/aromatic N) is 2. The van der Waals surface area contributed by atoms with Crippen LogP contribution in [0.4, 0.5) is 15.9 Å². The molecule has 0 aliphatic heterocycles. The minimum absolute atomic E-state index is 0.0159. The highest BCUT2D eigenvalue weighted by Crippen LogP contribution is 2.17. The fraction of sp³-hybridized carbons (Fsp3) is 0.267. The molecule has 5 nitrogen and oxygen atoms in total. The molecule has 0 fully saturated rings. The molecule has 1 N–H and O–H groups in total. The first-order valence-corrected chi connectivity index (χ1v) is 6.65. The third kappa shape index (κ3) is 4.24. The van der Waals surface area contributed by atoms with E-state index in [0.717, 1.165) is 24.0 Å². The Morgan fingerprint density at radius 2 is 2.19 bits per heavy atom. The number of rotatable bonds is 6. The smallest absolute Gasteiger partial charge is 0.287 e. The Morgan fingerprint density at radius 3 is 2.86 bits per heavy atom. The van der Waals surface area contributed by atoms with Gasteiger partial charge in [-0.15, -0.1) is 0 Å². The summed E-state index contributed by atoms with van der Waals surface area (Å²) in [4.78, 5) is 14.2. The maximum atomic E-state index is 13.0. The SMILES string of the molecule is Cc1cc([N+](=O)[O-])cnc1NCCCc1cccc(F)c1. The number of benzene rings is 1. The fourth-order valence-corrected chi connectivity index (χ4v) is 2.04. The Bertz CT molecular complexity index is 647. The second kappa shape index (κ2) is 6.78. The van der Waals surface area contributed by atoms with Gasteiger partial charge < -0.3 is 5.32 Å². The Hall–Kier alpha value is -2.50. The first-order valence-electron chi connectivity index (χ1n) is 6.65. The molecule has 1 aromatic carbocycles. The van der Waals surface area contributed by atoms with Crippen LogP contribution < -0.4 is 5.32 Å². The molecule has 0 aliphatic rings. The van der Waals surface area contributed by atoms with Crippen molar-refractivity contribution in [3.05, 3.63) is 63.6 Å². The molecule has 0 saturated heterocycles. The second-order valence-corrected chi connectivity index (χ2v) is 4.78. The van der Waals surface area contributed by atoms with Crippen LogP contribution in [-0.2, 0) is 6.42 Å². The molecule has 0 atom stereocenters. The molecule has 0 aliphatic carbocycles. The van der Waals surface area contributed by atoms with Crippen molar-refractivity contribution in [1.82, 2.24) is 4.98 Å². The molecule has 0 spiro atoms. The van der Waals surface area contributed by atoms with E-state index < -0.39 is 4.92 Å². The van der Waals surface area contributed by atoms with Crippen molar-refractivity contribution < 1.29 is 9.31 Å². The predicted molar refractivity (Wildman–Crippen MR) is 78.8 cm³/mol. The van der Waals surface area contributed by atoms with Crippen LogP contribution in [0.3, 0.4) is 0 Å². The molecular weight excluding hydrogens is 273 g/mol. The summed E-state index contributed by atoms with van der Waals surface area (Å²) < 4.78 is 13.0. The zero-order valence-electron chi connectivity index (χ0n) is 11.7. The van der Waals surface area contributed by atoms with Gasteiger partial charge in [-0.3, -0.25) is 10.1 Å². The van der Waals surface area contributed by atoms with Gasteiger partial charge in [-0.05, 0) is 43.0 Å². The van der Waals surface area contributed by atoms with Crippen LogP contribution in [0.15, 0.2) is 36.5 Å². The van der Waals surface area contributed by atoms with Gasteiger partial charge in [0, 0.05) is 12.6 Å². The van der Waals surface area contributed by atoms with Crippen LogP contribution in [0.2, 0.25) is 0 Å². The molecule has 21 heavy (non-hydrogen) atoms. The van der Waals surface area contributed by atoms with Gasteiger partial charge in [0.05, 0.1) is 4.92 Å². The molecule has 0 saturated carbocycles. The molecule has 2 rings (SSSR count). The third-order valence-electron chi connectivity index (χ3n) is 3.10. The van der Waals surface area contributed by atoms with Gasteiger partial charge in [-0.25, -0.2) is 9.37 Å². The van der Waals surface area contributed by atoms with E-state index in [1.54, 1.807) is 13.0 Å². The third-order valence-corrected chi connectivity index (χ3v) is 3.10. The summed E-state index contributed by atoms with van der Waals surface area (Å²) >= 11 is 0. The number of aromatic nitrogens is 1. The molecule has 6 heteroatoms. The Kier molecular flexibility index (Phi) is 4.81. The number of aryl methyl sites for hydroxylation is 2. The average molecular weight is 289 g/mol. The van der Waals surface area contributed by atoms with E-state index in [0.29, 0.717) is 12.4 Å². The Labute approximate surface area is 122 Å². The van der Waals surface area contributed by atoms with Crippen molar-refractivity contribution in [2.75, 3.05) is 11.9 Å². The summed E-state index contributed by atoms with van der Waals surface area (Å²) in [5, 5.41) is 13.8. The van der Waals surface area contributed by atoms with E-state index in [-0.39, 0.29) is 11.5 Å². The summed E-state index contributed by atoms with van der Waals surface area (Å²) in [5.41, 5.74) is 1.66. The van der Waals surface area contributed by atoms with Crippen molar-refractivity contribution in [2.24, 2.45) is 0 Å². The van der Waals surface area contributed by atoms with Crippen molar-refractivity contribution in [3.8, 4) is 0 Å². The highest BCUT2D eigenvalue weighted by atomic mass is 19.1. The number of halogens is 1. The van der Waals surface area contributed by atoms with Gasteiger partial charge in [0.15, 0.2) is 0 Å². The summed E-state index contributed by atoms with van der Waals surface area (Å²) in [6, 6.07) is 8.02. The lowest BCUT2D eigenvalue weighted by Gasteiger charge is -2.08. The van der Waals surface area contributed by atoms with Crippen LogP contribution in [0.1, 0.15) is 17.5 Å². The zero-order valence-corrected chi connectivity index (χ0v) is 11.7. The standard InChI is InChI=1S/C15H16FN3O2/c1-11-8-14(19(20)21)10-18-15(11)17-7-3-5-12-4-2-6-13(16)9-12/h2,4,6,8-10H,3,5,7H2,1H3,(H,17,18). The van der Waals surface area contributed by atoms with E-state index in [1.165, 1.54) is 24.4 Å². The topological polar surface area (TPSA) is 68.1 Å². The summed E-state index contributed by atoms with van der Waals surface area (Å²) in [5.74, 6) is 0.410. The molecule has 1 heterocycles. The maximum absolute atomic E-state index is 13.0. The van der Waals surface area contributed by atoms with Crippen LogP contribution in [0.5, 0.6) is 0 Å². The van der Waals surface area contributed by atoms with E-state index in [9.17, 15) is 14.5 Å². The highest BCUT2D eigenvalue weighted by Gasteiger charge is 2.08. The number of anilines is 1. The average Bonchev–Trinajstić information content (AvgIpc) is 2.45. The predicted octanol–water partition coefficient (Wildman–Crippen LogP) is 3.48. The van der Waals surface area contributed by atoms with E-state index in [4.69, 9.17) is 0 Å².